The SMILES string of the molecule is CCc1ccccc1CC[C@H](N1CC(C)(C)C(=O)N1)C(F)(F)F. The van der Waals surface area contributed by atoms with Crippen LogP contribution in [0.3, 0.4) is 0 Å². The molecule has 0 aromatic heterocycles. The summed E-state index contributed by atoms with van der Waals surface area (Å²) in [6.45, 7) is 5.36. The maximum atomic E-state index is 13.4. The highest BCUT2D eigenvalue weighted by atomic mass is 19.4. The lowest BCUT2D eigenvalue weighted by Gasteiger charge is -2.29. The lowest BCUT2D eigenvalue weighted by molar-refractivity contribution is -0.190. The molecule has 1 aliphatic rings. The number of amides is 1. The number of hydrogen-bond acceptors (Lipinski definition) is 2. The first kappa shape index (κ1) is 17.8. The zero-order valence-electron chi connectivity index (χ0n) is 13.7. The summed E-state index contributed by atoms with van der Waals surface area (Å²) in [6, 6.07) is 5.89. The molecule has 3 nitrogen and oxygen atoms in total. The lowest BCUT2D eigenvalue weighted by atomic mass is 9.93. The Kier molecular flexibility index (Phi) is 5.04. The third-order valence-electron chi connectivity index (χ3n) is 4.37. The second-order valence-electron chi connectivity index (χ2n) is 6.67. The van der Waals surface area contributed by atoms with E-state index in [9.17, 15) is 18.0 Å². The standard InChI is InChI=1S/C17H23F3N2O/c1-4-12-7-5-6-8-13(12)9-10-14(17(18,19)20)22-11-16(2,3)15(23)21-22/h5-8,14H,4,9-11H2,1-3H3,(H,21,23)/t14-/m0/s1. The van der Waals surface area contributed by atoms with Gasteiger partial charge in [-0.15, -0.1) is 0 Å². The minimum atomic E-state index is -4.38. The fraction of sp³-hybridized carbons (Fsp3) is 0.588. The number of benzene rings is 1. The van der Waals surface area contributed by atoms with E-state index in [1.165, 1.54) is 0 Å². The van der Waals surface area contributed by atoms with Gasteiger partial charge in [-0.05, 0) is 44.2 Å². The molecule has 0 radical (unpaired) electrons. The van der Waals surface area contributed by atoms with Gasteiger partial charge in [0.1, 0.15) is 6.04 Å². The van der Waals surface area contributed by atoms with Crippen molar-refractivity contribution in [3.05, 3.63) is 35.4 Å². The molecule has 0 spiro atoms. The summed E-state index contributed by atoms with van der Waals surface area (Å²) in [5, 5.41) is 1.05. The van der Waals surface area contributed by atoms with Gasteiger partial charge >= 0.3 is 6.18 Å². The molecule has 1 heterocycles. The topological polar surface area (TPSA) is 32.3 Å². The summed E-state index contributed by atoms with van der Waals surface area (Å²) < 4.78 is 40.3. The number of halogens is 3. The van der Waals surface area contributed by atoms with Gasteiger partial charge in [0.05, 0.1) is 5.41 Å². The van der Waals surface area contributed by atoms with Crippen LogP contribution in [0.1, 0.15) is 38.3 Å². The number of hydrazine groups is 1. The fourth-order valence-electron chi connectivity index (χ4n) is 2.94. The van der Waals surface area contributed by atoms with E-state index in [0.717, 1.165) is 22.6 Å². The summed E-state index contributed by atoms with van der Waals surface area (Å²) >= 11 is 0. The average Bonchev–Trinajstić information content (AvgIpc) is 2.71. The van der Waals surface area contributed by atoms with Gasteiger partial charge in [-0.3, -0.25) is 10.2 Å². The first-order valence-electron chi connectivity index (χ1n) is 7.86. The van der Waals surface area contributed by atoms with Gasteiger partial charge in [0.15, 0.2) is 0 Å². The summed E-state index contributed by atoms with van der Waals surface area (Å²) in [6.07, 6.45) is -3.33. The number of aryl methyl sites for hydroxylation is 2. The summed E-state index contributed by atoms with van der Waals surface area (Å²) in [4.78, 5) is 11.8. The van der Waals surface area contributed by atoms with Crippen LogP contribution in [-0.2, 0) is 17.6 Å². The minimum absolute atomic E-state index is 0.0609. The molecule has 1 amide bonds. The smallest absolute Gasteiger partial charge is 0.288 e. The third kappa shape index (κ3) is 4.05. The van der Waals surface area contributed by atoms with Crippen molar-refractivity contribution in [3.63, 3.8) is 0 Å². The molecule has 128 valence electrons. The second-order valence-corrected chi connectivity index (χ2v) is 6.67. The van der Waals surface area contributed by atoms with Crippen LogP contribution in [0.15, 0.2) is 24.3 Å². The second kappa shape index (κ2) is 6.51. The van der Waals surface area contributed by atoms with Crippen molar-refractivity contribution in [1.29, 1.82) is 0 Å². The van der Waals surface area contributed by atoms with Crippen LogP contribution in [-0.4, -0.2) is 29.7 Å². The van der Waals surface area contributed by atoms with E-state index >= 15 is 0 Å². The van der Waals surface area contributed by atoms with Crippen LogP contribution < -0.4 is 5.43 Å². The van der Waals surface area contributed by atoms with Gasteiger partial charge in [0.25, 0.3) is 0 Å². The van der Waals surface area contributed by atoms with Crippen molar-refractivity contribution in [3.8, 4) is 0 Å². The molecule has 1 aliphatic heterocycles. The molecule has 1 aromatic rings. The maximum Gasteiger partial charge on any atom is 0.405 e. The number of hydrogen-bond donors (Lipinski definition) is 1. The first-order chi connectivity index (χ1) is 10.6. The first-order valence-corrected chi connectivity index (χ1v) is 7.86. The third-order valence-corrected chi connectivity index (χ3v) is 4.37. The van der Waals surface area contributed by atoms with E-state index in [1.807, 2.05) is 31.2 Å². The van der Waals surface area contributed by atoms with Crippen molar-refractivity contribution in [2.45, 2.75) is 52.3 Å². The zero-order chi connectivity index (χ0) is 17.3. The highest BCUT2D eigenvalue weighted by Gasteiger charge is 2.49. The number of carbonyl (C=O) groups excluding carboxylic acids is 1. The van der Waals surface area contributed by atoms with Crippen LogP contribution in [0.4, 0.5) is 13.2 Å². The molecule has 0 unspecified atom stereocenters. The van der Waals surface area contributed by atoms with E-state index in [4.69, 9.17) is 0 Å². The Labute approximate surface area is 134 Å². The number of alkyl halides is 3. The molecular weight excluding hydrogens is 305 g/mol. The Bertz CT molecular complexity index is 569. The average molecular weight is 328 g/mol. The molecule has 0 aliphatic carbocycles. The zero-order valence-corrected chi connectivity index (χ0v) is 13.7. The van der Waals surface area contributed by atoms with Gasteiger partial charge in [-0.2, -0.15) is 13.2 Å². The molecule has 1 saturated heterocycles. The predicted octanol–water partition coefficient (Wildman–Crippen LogP) is 3.49. The Morgan fingerprint density at radius 3 is 2.35 bits per heavy atom. The van der Waals surface area contributed by atoms with Gasteiger partial charge in [-0.25, -0.2) is 5.01 Å². The van der Waals surface area contributed by atoms with E-state index < -0.39 is 17.6 Å². The highest BCUT2D eigenvalue weighted by molar-refractivity contribution is 5.83. The van der Waals surface area contributed by atoms with Crippen molar-refractivity contribution in [2.24, 2.45) is 5.41 Å². The van der Waals surface area contributed by atoms with E-state index in [2.05, 4.69) is 5.43 Å². The molecule has 23 heavy (non-hydrogen) atoms. The molecule has 0 bridgehead atoms. The van der Waals surface area contributed by atoms with Crippen LogP contribution >= 0.6 is 0 Å². The lowest BCUT2D eigenvalue weighted by Crippen LogP contribution is -2.50. The Hall–Kier alpha value is -1.56. The van der Waals surface area contributed by atoms with Crippen molar-refractivity contribution < 1.29 is 18.0 Å². The fourth-order valence-corrected chi connectivity index (χ4v) is 2.94. The molecule has 1 N–H and O–H groups in total. The Morgan fingerprint density at radius 2 is 1.87 bits per heavy atom. The van der Waals surface area contributed by atoms with Gasteiger partial charge in [0, 0.05) is 6.54 Å². The van der Waals surface area contributed by atoms with Gasteiger partial charge in [0.2, 0.25) is 5.91 Å². The molecule has 1 aromatic carbocycles. The molecular formula is C17H23F3N2O. The molecule has 0 saturated carbocycles. The quantitative estimate of drug-likeness (QED) is 0.897. The van der Waals surface area contributed by atoms with Crippen molar-refractivity contribution in [2.75, 3.05) is 6.54 Å². The van der Waals surface area contributed by atoms with Crippen LogP contribution in [0.25, 0.3) is 0 Å². The van der Waals surface area contributed by atoms with Crippen LogP contribution in [0, 0.1) is 5.41 Å². The normalized spacial score (nSPS) is 19.7. The number of nitrogens with one attached hydrogen (secondary N) is 1. The maximum absolute atomic E-state index is 13.4. The number of rotatable bonds is 5. The van der Waals surface area contributed by atoms with E-state index in [0.29, 0.717) is 6.42 Å². The molecule has 1 fully saturated rings. The Morgan fingerprint density at radius 1 is 1.26 bits per heavy atom. The molecule has 2 rings (SSSR count). The summed E-state index contributed by atoms with van der Waals surface area (Å²) in [7, 11) is 0. The largest absolute Gasteiger partial charge is 0.405 e. The predicted molar refractivity (Wildman–Crippen MR) is 82.6 cm³/mol. The van der Waals surface area contributed by atoms with Gasteiger partial charge in [-0.1, -0.05) is 31.2 Å². The number of nitrogens with zero attached hydrogens (tertiary/aromatic N) is 1. The summed E-state index contributed by atoms with van der Waals surface area (Å²) in [5.41, 5.74) is 3.60. The monoisotopic (exact) mass is 328 g/mol. The Balaban J connectivity index is 2.13. The molecule has 6 heteroatoms. The molecule has 1 atom stereocenters. The highest BCUT2D eigenvalue weighted by Crippen LogP contribution is 2.33. The van der Waals surface area contributed by atoms with E-state index in [1.54, 1.807) is 13.8 Å². The van der Waals surface area contributed by atoms with Crippen molar-refractivity contribution >= 4 is 5.91 Å². The minimum Gasteiger partial charge on any atom is -0.288 e. The summed E-state index contributed by atoms with van der Waals surface area (Å²) in [5.74, 6) is -0.360. The number of carbonyl (C=O) groups is 1. The van der Waals surface area contributed by atoms with Crippen LogP contribution in [0.2, 0.25) is 0 Å². The van der Waals surface area contributed by atoms with Crippen molar-refractivity contribution in [1.82, 2.24) is 10.4 Å². The van der Waals surface area contributed by atoms with Crippen LogP contribution in [0.5, 0.6) is 0 Å². The van der Waals surface area contributed by atoms with Gasteiger partial charge < -0.3 is 0 Å². The van der Waals surface area contributed by atoms with E-state index in [-0.39, 0.29) is 18.9 Å².